The van der Waals surface area contributed by atoms with E-state index in [0.717, 1.165) is 5.56 Å². The highest BCUT2D eigenvalue weighted by Crippen LogP contribution is 2.33. The Morgan fingerprint density at radius 3 is 2.67 bits per heavy atom. The lowest BCUT2D eigenvalue weighted by Crippen LogP contribution is -2.51. The zero-order chi connectivity index (χ0) is 19.6. The molecule has 1 aliphatic heterocycles. The van der Waals surface area contributed by atoms with E-state index in [4.69, 9.17) is 33.7 Å². The zero-order valence-corrected chi connectivity index (χ0v) is 16.2. The van der Waals surface area contributed by atoms with E-state index in [1.165, 1.54) is 0 Å². The van der Waals surface area contributed by atoms with Crippen LogP contribution in [0, 0.1) is 0 Å². The predicted octanol–water partition coefficient (Wildman–Crippen LogP) is 2.70. The number of para-hydroxylation sites is 2. The third-order valence-corrected chi connectivity index (χ3v) is 4.97. The molecule has 6 nitrogen and oxygen atoms in total. The van der Waals surface area contributed by atoms with Gasteiger partial charge in [0.05, 0.1) is 28.8 Å². The third-order valence-electron chi connectivity index (χ3n) is 4.23. The number of primary amides is 1. The van der Waals surface area contributed by atoms with Crippen LogP contribution in [0.2, 0.25) is 10.0 Å². The number of hydrogen-bond donors (Lipinski definition) is 1. The van der Waals surface area contributed by atoms with Crippen LogP contribution in [0.4, 0.5) is 5.69 Å². The average Bonchev–Trinajstić information content (AvgIpc) is 2.63. The van der Waals surface area contributed by atoms with Crippen molar-refractivity contribution < 1.29 is 14.3 Å². The van der Waals surface area contributed by atoms with E-state index >= 15 is 0 Å². The molecule has 2 N–H and O–H groups in total. The molecule has 27 heavy (non-hydrogen) atoms. The Labute approximate surface area is 167 Å². The molecule has 0 saturated heterocycles. The number of carbonyl (C=O) groups is 2. The van der Waals surface area contributed by atoms with E-state index in [-0.39, 0.29) is 19.0 Å². The van der Waals surface area contributed by atoms with E-state index in [1.807, 2.05) is 24.1 Å². The van der Waals surface area contributed by atoms with Crippen molar-refractivity contribution in [2.24, 2.45) is 5.73 Å². The second kappa shape index (κ2) is 8.17. The Hall–Kier alpha value is -2.28. The lowest BCUT2D eigenvalue weighted by molar-refractivity contribution is -0.125. The Balaban J connectivity index is 1.72. The molecule has 3 rings (SSSR count). The summed E-state index contributed by atoms with van der Waals surface area (Å²) < 4.78 is 5.59. The Morgan fingerprint density at radius 2 is 1.96 bits per heavy atom. The fraction of sp³-hybridized carbons (Fsp3) is 0.263. The molecule has 142 valence electrons. The summed E-state index contributed by atoms with van der Waals surface area (Å²) in [5.41, 5.74) is 6.95. The number of halogens is 2. The van der Waals surface area contributed by atoms with Crippen molar-refractivity contribution in [3.05, 3.63) is 58.1 Å². The van der Waals surface area contributed by atoms with Gasteiger partial charge in [-0.05, 0) is 36.9 Å². The first-order valence-electron chi connectivity index (χ1n) is 8.33. The Morgan fingerprint density at radius 1 is 1.22 bits per heavy atom. The van der Waals surface area contributed by atoms with E-state index in [0.29, 0.717) is 28.0 Å². The molecule has 0 radical (unpaired) electrons. The summed E-state index contributed by atoms with van der Waals surface area (Å²) >= 11 is 12.0. The van der Waals surface area contributed by atoms with Crippen LogP contribution in [-0.2, 0) is 16.1 Å². The molecule has 1 aliphatic rings. The molecule has 2 aromatic rings. The topological polar surface area (TPSA) is 75.9 Å². The number of hydrogen-bond acceptors (Lipinski definition) is 4. The minimum absolute atomic E-state index is 0.0891. The fourth-order valence-electron chi connectivity index (χ4n) is 2.94. The SMILES string of the molecule is CN(CC(=O)N1CC(C(N)=O)Oc2ccccc21)Cc1ccc(Cl)c(Cl)c1. The molecule has 2 amide bonds. The first-order chi connectivity index (χ1) is 12.8. The molecule has 0 fully saturated rings. The number of fused-ring (bicyclic) bond motifs is 1. The van der Waals surface area contributed by atoms with Gasteiger partial charge in [0.1, 0.15) is 5.75 Å². The van der Waals surface area contributed by atoms with Crippen LogP contribution in [-0.4, -0.2) is 43.0 Å². The molecule has 1 unspecified atom stereocenters. The van der Waals surface area contributed by atoms with E-state index < -0.39 is 12.0 Å². The van der Waals surface area contributed by atoms with Gasteiger partial charge in [-0.2, -0.15) is 0 Å². The van der Waals surface area contributed by atoms with Gasteiger partial charge in [0.15, 0.2) is 6.10 Å². The average molecular weight is 408 g/mol. The van der Waals surface area contributed by atoms with Crippen molar-refractivity contribution in [1.29, 1.82) is 0 Å². The van der Waals surface area contributed by atoms with Crippen molar-refractivity contribution >= 4 is 40.7 Å². The molecule has 2 aromatic carbocycles. The van der Waals surface area contributed by atoms with E-state index in [9.17, 15) is 9.59 Å². The number of anilines is 1. The molecular weight excluding hydrogens is 389 g/mol. The number of rotatable bonds is 5. The molecule has 0 aromatic heterocycles. The molecule has 0 aliphatic carbocycles. The van der Waals surface area contributed by atoms with Crippen LogP contribution in [0.25, 0.3) is 0 Å². The molecule has 1 atom stereocenters. The number of amides is 2. The molecule has 0 bridgehead atoms. The lowest BCUT2D eigenvalue weighted by Gasteiger charge is -2.34. The van der Waals surface area contributed by atoms with Crippen LogP contribution >= 0.6 is 23.2 Å². The largest absolute Gasteiger partial charge is 0.477 e. The maximum absolute atomic E-state index is 12.9. The van der Waals surface area contributed by atoms with Crippen LogP contribution in [0.3, 0.4) is 0 Å². The van der Waals surface area contributed by atoms with E-state index in [1.54, 1.807) is 35.2 Å². The minimum atomic E-state index is -0.871. The van der Waals surface area contributed by atoms with Crippen molar-refractivity contribution in [3.8, 4) is 5.75 Å². The molecule has 0 spiro atoms. The first-order valence-corrected chi connectivity index (χ1v) is 9.08. The highest BCUT2D eigenvalue weighted by atomic mass is 35.5. The Kier molecular flexibility index (Phi) is 5.89. The van der Waals surface area contributed by atoms with E-state index in [2.05, 4.69) is 0 Å². The zero-order valence-electron chi connectivity index (χ0n) is 14.7. The fourth-order valence-corrected chi connectivity index (χ4v) is 3.26. The number of benzene rings is 2. The van der Waals surface area contributed by atoms with Crippen molar-refractivity contribution in [1.82, 2.24) is 4.90 Å². The molecule has 8 heteroatoms. The molecule has 0 saturated carbocycles. The van der Waals surface area contributed by atoms with Crippen molar-refractivity contribution in [3.63, 3.8) is 0 Å². The number of nitrogens with two attached hydrogens (primary N) is 1. The summed E-state index contributed by atoms with van der Waals surface area (Å²) in [6.07, 6.45) is -0.871. The highest BCUT2D eigenvalue weighted by molar-refractivity contribution is 6.42. The Bertz CT molecular complexity index is 875. The lowest BCUT2D eigenvalue weighted by atomic mass is 10.1. The second-order valence-electron chi connectivity index (χ2n) is 6.40. The normalized spacial score (nSPS) is 16.0. The summed E-state index contributed by atoms with van der Waals surface area (Å²) in [5, 5.41) is 0.960. The van der Waals surface area contributed by atoms with Crippen LogP contribution in [0.5, 0.6) is 5.75 Å². The molecular formula is C19H19Cl2N3O3. The summed E-state index contributed by atoms with van der Waals surface area (Å²) in [4.78, 5) is 27.9. The molecule has 1 heterocycles. The third kappa shape index (κ3) is 4.53. The van der Waals surface area contributed by atoms with Gasteiger partial charge in [0.2, 0.25) is 5.91 Å². The quantitative estimate of drug-likeness (QED) is 0.826. The van der Waals surface area contributed by atoms with Gasteiger partial charge in [-0.3, -0.25) is 14.5 Å². The number of ether oxygens (including phenoxy) is 1. The van der Waals surface area contributed by atoms with Crippen LogP contribution in [0.1, 0.15) is 5.56 Å². The van der Waals surface area contributed by atoms with Gasteiger partial charge in [0, 0.05) is 6.54 Å². The summed E-state index contributed by atoms with van der Waals surface area (Å²) in [6.45, 7) is 0.764. The van der Waals surface area contributed by atoms with Gasteiger partial charge in [-0.1, -0.05) is 41.4 Å². The summed E-state index contributed by atoms with van der Waals surface area (Å²) in [6, 6.07) is 12.5. The van der Waals surface area contributed by atoms with Gasteiger partial charge < -0.3 is 15.4 Å². The van der Waals surface area contributed by atoms with Gasteiger partial charge in [-0.15, -0.1) is 0 Å². The number of likely N-dealkylation sites (N-methyl/N-ethyl adjacent to an activating group) is 1. The van der Waals surface area contributed by atoms with Crippen molar-refractivity contribution in [2.75, 3.05) is 25.0 Å². The predicted molar refractivity (Wildman–Crippen MR) is 105 cm³/mol. The number of carbonyl (C=O) groups excluding carboxylic acids is 2. The monoisotopic (exact) mass is 407 g/mol. The smallest absolute Gasteiger partial charge is 0.260 e. The van der Waals surface area contributed by atoms with Gasteiger partial charge >= 0.3 is 0 Å². The maximum Gasteiger partial charge on any atom is 0.260 e. The minimum Gasteiger partial charge on any atom is -0.477 e. The highest BCUT2D eigenvalue weighted by Gasteiger charge is 2.32. The summed E-state index contributed by atoms with van der Waals surface area (Å²) in [5.74, 6) is -0.293. The second-order valence-corrected chi connectivity index (χ2v) is 7.22. The van der Waals surface area contributed by atoms with Crippen LogP contribution in [0.15, 0.2) is 42.5 Å². The maximum atomic E-state index is 12.9. The van der Waals surface area contributed by atoms with Gasteiger partial charge in [0.25, 0.3) is 5.91 Å². The van der Waals surface area contributed by atoms with Crippen molar-refractivity contribution in [2.45, 2.75) is 12.6 Å². The number of nitrogens with zero attached hydrogens (tertiary/aromatic N) is 2. The standard InChI is InChI=1S/C19H19Cl2N3O3/c1-23(9-12-6-7-13(20)14(21)8-12)11-18(25)24-10-17(19(22)26)27-16-5-3-2-4-15(16)24/h2-8,17H,9-11H2,1H3,(H2,22,26). The first kappa shape index (κ1) is 19.5. The summed E-state index contributed by atoms with van der Waals surface area (Å²) in [7, 11) is 1.83. The van der Waals surface area contributed by atoms with Gasteiger partial charge in [-0.25, -0.2) is 0 Å². The van der Waals surface area contributed by atoms with Crippen LogP contribution < -0.4 is 15.4 Å².